The molecule has 3 rings (SSSR count). The van der Waals surface area contributed by atoms with E-state index in [-0.39, 0.29) is 37.1 Å². The lowest BCUT2D eigenvalue weighted by Gasteiger charge is -2.21. The van der Waals surface area contributed by atoms with Crippen molar-refractivity contribution in [3.05, 3.63) is 62.3 Å². The number of hydrogen-bond donors (Lipinski definition) is 2. The summed E-state index contributed by atoms with van der Waals surface area (Å²) >= 11 is 0. The van der Waals surface area contributed by atoms with Crippen LogP contribution in [0, 0.1) is 0 Å². The van der Waals surface area contributed by atoms with Gasteiger partial charge in [0.25, 0.3) is 5.56 Å². The molecule has 3 N–H and O–H groups in total. The lowest BCUT2D eigenvalue weighted by molar-refractivity contribution is 0.0905. The second kappa shape index (κ2) is 7.89. The van der Waals surface area contributed by atoms with Crippen LogP contribution in [0.2, 0.25) is 0 Å². The maximum Gasteiger partial charge on any atom is 0.332 e. The standard InChI is InChI=1S/C19H24N4O4/c1-21-18(26)16(15(25)12-22(9-10-24)14-7-8-14)17(20)23(19(21)27)11-13-5-3-2-4-6-13/h2-6,14,24H,7-12,20H2,1H3. The first-order valence-electron chi connectivity index (χ1n) is 8.95. The Hall–Kier alpha value is -2.71. The molecule has 0 amide bonds. The van der Waals surface area contributed by atoms with Crippen LogP contribution in [0.5, 0.6) is 0 Å². The van der Waals surface area contributed by atoms with Crippen molar-refractivity contribution in [2.24, 2.45) is 7.05 Å². The molecular weight excluding hydrogens is 348 g/mol. The number of Topliss-reactive ketones (excluding diaryl/α,β-unsaturated/α-hetero) is 1. The van der Waals surface area contributed by atoms with Crippen LogP contribution >= 0.6 is 0 Å². The quantitative estimate of drug-likeness (QED) is 0.622. The Balaban J connectivity index is 1.98. The summed E-state index contributed by atoms with van der Waals surface area (Å²) in [7, 11) is 1.34. The molecule has 0 unspecified atom stereocenters. The molecule has 1 aliphatic carbocycles. The molecule has 1 fully saturated rings. The first-order valence-corrected chi connectivity index (χ1v) is 8.95. The van der Waals surface area contributed by atoms with Crippen LogP contribution in [-0.4, -0.2) is 50.7 Å². The normalized spacial score (nSPS) is 13.9. The maximum absolute atomic E-state index is 12.8. The zero-order valence-electron chi connectivity index (χ0n) is 15.3. The molecular formula is C19H24N4O4. The lowest BCUT2D eigenvalue weighted by atomic mass is 10.1. The van der Waals surface area contributed by atoms with Gasteiger partial charge in [0, 0.05) is 19.6 Å². The van der Waals surface area contributed by atoms with Gasteiger partial charge in [0.1, 0.15) is 11.4 Å². The molecule has 8 heteroatoms. The van der Waals surface area contributed by atoms with Gasteiger partial charge in [-0.05, 0) is 18.4 Å². The van der Waals surface area contributed by atoms with E-state index in [9.17, 15) is 19.5 Å². The molecule has 1 saturated carbocycles. The highest BCUT2D eigenvalue weighted by molar-refractivity contribution is 6.01. The number of nitrogens with zero attached hydrogens (tertiary/aromatic N) is 3. The molecule has 0 atom stereocenters. The summed E-state index contributed by atoms with van der Waals surface area (Å²) in [4.78, 5) is 39.8. The van der Waals surface area contributed by atoms with E-state index in [1.165, 1.54) is 11.6 Å². The van der Waals surface area contributed by atoms with Gasteiger partial charge in [-0.1, -0.05) is 30.3 Å². The highest BCUT2D eigenvalue weighted by atomic mass is 16.3. The van der Waals surface area contributed by atoms with Crippen LogP contribution in [0.1, 0.15) is 28.8 Å². The van der Waals surface area contributed by atoms with Gasteiger partial charge in [0.2, 0.25) is 0 Å². The van der Waals surface area contributed by atoms with Gasteiger partial charge >= 0.3 is 5.69 Å². The first kappa shape index (κ1) is 19.1. The van der Waals surface area contributed by atoms with E-state index in [1.54, 1.807) is 0 Å². The van der Waals surface area contributed by atoms with E-state index in [1.807, 2.05) is 35.2 Å². The largest absolute Gasteiger partial charge is 0.395 e. The second-order valence-corrected chi connectivity index (χ2v) is 6.83. The monoisotopic (exact) mass is 372 g/mol. The zero-order chi connectivity index (χ0) is 19.6. The number of benzene rings is 1. The number of hydrogen-bond acceptors (Lipinski definition) is 6. The number of aliphatic hydroxyl groups excluding tert-OH is 1. The SMILES string of the molecule is Cn1c(=O)c(C(=O)CN(CCO)C2CC2)c(N)n(Cc2ccccc2)c1=O. The molecule has 2 aromatic rings. The average molecular weight is 372 g/mol. The summed E-state index contributed by atoms with van der Waals surface area (Å²) in [5, 5.41) is 9.21. The Bertz CT molecular complexity index is 945. The zero-order valence-corrected chi connectivity index (χ0v) is 15.3. The van der Waals surface area contributed by atoms with Crippen LogP contribution in [0.15, 0.2) is 39.9 Å². The van der Waals surface area contributed by atoms with E-state index < -0.39 is 17.0 Å². The van der Waals surface area contributed by atoms with Crippen LogP contribution in [0.4, 0.5) is 5.82 Å². The van der Waals surface area contributed by atoms with Crippen molar-refractivity contribution in [2.45, 2.75) is 25.4 Å². The van der Waals surface area contributed by atoms with Crippen molar-refractivity contribution in [1.82, 2.24) is 14.0 Å². The summed E-state index contributed by atoms with van der Waals surface area (Å²) in [6.07, 6.45) is 1.93. The van der Waals surface area contributed by atoms with E-state index in [2.05, 4.69) is 0 Å². The lowest BCUT2D eigenvalue weighted by Crippen LogP contribution is -2.44. The van der Waals surface area contributed by atoms with Gasteiger partial charge in [-0.2, -0.15) is 0 Å². The van der Waals surface area contributed by atoms with Crippen LogP contribution in [0.3, 0.4) is 0 Å². The van der Waals surface area contributed by atoms with E-state index >= 15 is 0 Å². The van der Waals surface area contributed by atoms with E-state index in [4.69, 9.17) is 5.73 Å². The molecule has 0 saturated heterocycles. The predicted octanol–water partition coefficient (Wildman–Crippen LogP) is -0.183. The van der Waals surface area contributed by atoms with Gasteiger partial charge in [0.05, 0.1) is 19.7 Å². The summed E-state index contributed by atoms with van der Waals surface area (Å²) in [5.74, 6) is -0.549. The van der Waals surface area contributed by atoms with Gasteiger partial charge in [-0.3, -0.25) is 23.6 Å². The first-order chi connectivity index (χ1) is 12.9. The molecule has 27 heavy (non-hydrogen) atoms. The number of ketones is 1. The molecule has 1 aromatic heterocycles. The minimum absolute atomic E-state index is 0.00575. The molecule has 0 aliphatic heterocycles. The Morgan fingerprint density at radius 2 is 1.93 bits per heavy atom. The van der Waals surface area contributed by atoms with Crippen LogP contribution < -0.4 is 17.0 Å². The molecule has 0 bridgehead atoms. The molecule has 0 radical (unpaired) electrons. The molecule has 0 spiro atoms. The van der Waals surface area contributed by atoms with Crippen LogP contribution in [-0.2, 0) is 13.6 Å². The van der Waals surface area contributed by atoms with Crippen molar-refractivity contribution >= 4 is 11.6 Å². The fourth-order valence-corrected chi connectivity index (χ4v) is 3.19. The van der Waals surface area contributed by atoms with E-state index in [0.29, 0.717) is 6.54 Å². The number of carbonyl (C=O) groups excluding carboxylic acids is 1. The van der Waals surface area contributed by atoms with E-state index in [0.717, 1.165) is 23.0 Å². The molecule has 1 aromatic carbocycles. The number of aliphatic hydroxyl groups is 1. The van der Waals surface area contributed by atoms with Crippen LogP contribution in [0.25, 0.3) is 0 Å². The minimum atomic E-state index is -0.688. The van der Waals surface area contributed by atoms with Gasteiger partial charge in [-0.25, -0.2) is 4.79 Å². The van der Waals surface area contributed by atoms with Gasteiger partial charge in [-0.15, -0.1) is 0 Å². The number of anilines is 1. The third-order valence-corrected chi connectivity index (χ3v) is 4.84. The van der Waals surface area contributed by atoms with Crippen molar-refractivity contribution < 1.29 is 9.90 Å². The summed E-state index contributed by atoms with van der Waals surface area (Å²) in [6, 6.07) is 9.48. The Labute approximate surface area is 156 Å². The molecule has 1 heterocycles. The molecule has 1 aliphatic rings. The smallest absolute Gasteiger partial charge is 0.332 e. The van der Waals surface area contributed by atoms with Crippen molar-refractivity contribution in [3.8, 4) is 0 Å². The minimum Gasteiger partial charge on any atom is -0.395 e. The topological polar surface area (TPSA) is 111 Å². The van der Waals surface area contributed by atoms with Crippen molar-refractivity contribution in [2.75, 3.05) is 25.4 Å². The number of nitrogen functional groups attached to an aromatic ring is 1. The number of carbonyl (C=O) groups is 1. The third-order valence-electron chi connectivity index (χ3n) is 4.84. The predicted molar refractivity (Wildman–Crippen MR) is 102 cm³/mol. The maximum atomic E-state index is 12.8. The number of aromatic nitrogens is 2. The summed E-state index contributed by atoms with van der Waals surface area (Å²) in [5.41, 5.74) is 5.52. The fourth-order valence-electron chi connectivity index (χ4n) is 3.19. The molecule has 144 valence electrons. The van der Waals surface area contributed by atoms with Gasteiger partial charge in [0.15, 0.2) is 5.78 Å². The Morgan fingerprint density at radius 3 is 2.52 bits per heavy atom. The number of rotatable bonds is 8. The fraction of sp³-hybridized carbons (Fsp3) is 0.421. The Morgan fingerprint density at radius 1 is 1.26 bits per heavy atom. The Kier molecular flexibility index (Phi) is 5.57. The highest BCUT2D eigenvalue weighted by Crippen LogP contribution is 2.26. The number of nitrogens with two attached hydrogens (primary N) is 1. The van der Waals surface area contributed by atoms with Crippen molar-refractivity contribution in [3.63, 3.8) is 0 Å². The summed E-state index contributed by atoms with van der Waals surface area (Å²) in [6.45, 7) is 0.460. The second-order valence-electron chi connectivity index (χ2n) is 6.83. The van der Waals surface area contributed by atoms with Crippen molar-refractivity contribution in [1.29, 1.82) is 0 Å². The molecule has 8 nitrogen and oxygen atoms in total. The average Bonchev–Trinajstić information content (AvgIpc) is 3.49. The summed E-state index contributed by atoms with van der Waals surface area (Å²) < 4.78 is 2.16. The third kappa shape index (κ3) is 4.01. The highest BCUT2D eigenvalue weighted by Gasteiger charge is 2.31. The van der Waals surface area contributed by atoms with Gasteiger partial charge < -0.3 is 10.8 Å².